The van der Waals surface area contributed by atoms with Crippen molar-refractivity contribution in [1.82, 2.24) is 20.2 Å². The van der Waals surface area contributed by atoms with E-state index < -0.39 is 10.8 Å². The van der Waals surface area contributed by atoms with Gasteiger partial charge in [0.1, 0.15) is 0 Å². The number of carbonyl (C=O) groups excluding carboxylic acids is 1. The molecule has 2 atom stereocenters. The van der Waals surface area contributed by atoms with Gasteiger partial charge in [-0.25, -0.2) is 0 Å². The lowest BCUT2D eigenvalue weighted by Gasteiger charge is -2.07. The first-order chi connectivity index (χ1) is 7.52. The Kier molecular flexibility index (Phi) is 4.53. The Morgan fingerprint density at radius 2 is 2.31 bits per heavy atom. The quantitative estimate of drug-likeness (QED) is 0.645. The van der Waals surface area contributed by atoms with E-state index in [-0.39, 0.29) is 23.4 Å². The van der Waals surface area contributed by atoms with E-state index in [2.05, 4.69) is 20.1 Å². The monoisotopic (exact) mass is 246 g/mol. The Hall–Kier alpha value is -1.31. The molecule has 90 valence electrons. The molecule has 2 unspecified atom stereocenters. The van der Waals surface area contributed by atoms with Crippen LogP contribution in [0.2, 0.25) is 0 Å². The highest BCUT2D eigenvalue weighted by Crippen LogP contribution is 2.06. The van der Waals surface area contributed by atoms with Crippen LogP contribution in [-0.4, -0.2) is 42.7 Å². The zero-order valence-corrected chi connectivity index (χ0v) is 10.2. The van der Waals surface area contributed by atoms with Crippen molar-refractivity contribution in [2.45, 2.75) is 24.3 Å². The highest BCUT2D eigenvalue weighted by atomic mass is 32.2. The fourth-order valence-corrected chi connectivity index (χ4v) is 2.04. The number of hydrogen-bond donors (Lipinski definition) is 0. The van der Waals surface area contributed by atoms with E-state index in [1.165, 1.54) is 11.9 Å². The summed E-state index contributed by atoms with van der Waals surface area (Å²) in [6.45, 7) is 1.73. The average Bonchev–Trinajstić information content (AvgIpc) is 2.63. The first-order valence-corrected chi connectivity index (χ1v) is 6.08. The molecule has 1 rings (SSSR count). The van der Waals surface area contributed by atoms with Gasteiger partial charge >= 0.3 is 5.97 Å². The Morgan fingerprint density at radius 1 is 1.62 bits per heavy atom. The topological polar surface area (TPSA) is 87.0 Å². The van der Waals surface area contributed by atoms with Crippen LogP contribution in [0.25, 0.3) is 0 Å². The van der Waals surface area contributed by atoms with Crippen molar-refractivity contribution in [3.05, 3.63) is 5.82 Å². The number of tetrazole rings is 1. The minimum atomic E-state index is -1.20. The van der Waals surface area contributed by atoms with Crippen molar-refractivity contribution in [3.8, 4) is 0 Å². The van der Waals surface area contributed by atoms with Crippen molar-refractivity contribution in [1.29, 1.82) is 0 Å². The molecule has 1 aromatic heterocycles. The fourth-order valence-electron chi connectivity index (χ4n) is 1.06. The zero-order chi connectivity index (χ0) is 12.1. The number of carbonyl (C=O) groups is 1. The van der Waals surface area contributed by atoms with Gasteiger partial charge in [0, 0.05) is 16.0 Å². The van der Waals surface area contributed by atoms with Crippen molar-refractivity contribution < 1.29 is 13.7 Å². The second-order valence-corrected chi connectivity index (χ2v) is 5.17. The van der Waals surface area contributed by atoms with E-state index in [1.807, 2.05) is 0 Å². The Labute approximate surface area is 95.6 Å². The zero-order valence-electron chi connectivity index (χ0n) is 9.41. The number of rotatable bonds is 5. The summed E-state index contributed by atoms with van der Waals surface area (Å²) in [5.41, 5.74) is 0. The summed E-state index contributed by atoms with van der Waals surface area (Å²) in [4.78, 5) is 12.3. The minimum Gasteiger partial charge on any atom is -0.469 e. The molecule has 0 bridgehead atoms. The molecule has 0 saturated heterocycles. The van der Waals surface area contributed by atoms with E-state index in [0.717, 1.165) is 0 Å². The van der Waals surface area contributed by atoms with Gasteiger partial charge in [0.05, 0.1) is 26.3 Å². The van der Waals surface area contributed by atoms with Crippen molar-refractivity contribution in [2.75, 3.05) is 7.11 Å². The molecule has 1 heterocycles. The first-order valence-electron chi connectivity index (χ1n) is 4.69. The van der Waals surface area contributed by atoms with Crippen LogP contribution >= 0.6 is 0 Å². The van der Waals surface area contributed by atoms with E-state index in [4.69, 9.17) is 0 Å². The van der Waals surface area contributed by atoms with Gasteiger partial charge < -0.3 is 4.74 Å². The summed E-state index contributed by atoms with van der Waals surface area (Å²) in [7, 11) is 1.74. The Bertz CT molecular complexity index is 392. The molecule has 0 N–H and O–H groups in total. The predicted octanol–water partition coefficient (Wildman–Crippen LogP) is -0.590. The first kappa shape index (κ1) is 12.8. The molecule has 0 aliphatic heterocycles. The third-order valence-electron chi connectivity index (χ3n) is 1.95. The molecule has 0 aliphatic rings. The second kappa shape index (κ2) is 5.69. The summed E-state index contributed by atoms with van der Waals surface area (Å²) in [6, 6.07) is 0. The number of aromatic nitrogens is 4. The molecular weight excluding hydrogens is 232 g/mol. The highest BCUT2D eigenvalue weighted by Gasteiger charge is 2.17. The predicted molar refractivity (Wildman–Crippen MR) is 56.7 cm³/mol. The smallest absolute Gasteiger partial charge is 0.306 e. The minimum absolute atomic E-state index is 0.128. The molecule has 0 amide bonds. The normalized spacial score (nSPS) is 14.4. The summed E-state index contributed by atoms with van der Waals surface area (Å²) in [6.07, 6.45) is 0.128. The lowest BCUT2D eigenvalue weighted by Crippen LogP contribution is -2.18. The Balaban J connectivity index is 2.49. The highest BCUT2D eigenvalue weighted by molar-refractivity contribution is 7.84. The van der Waals surface area contributed by atoms with E-state index >= 15 is 0 Å². The largest absolute Gasteiger partial charge is 0.469 e. The molecule has 0 fully saturated rings. The maximum Gasteiger partial charge on any atom is 0.306 e. The van der Waals surface area contributed by atoms with Gasteiger partial charge in [0.15, 0.2) is 5.82 Å². The van der Waals surface area contributed by atoms with Gasteiger partial charge in [-0.05, 0) is 5.21 Å². The molecule has 0 aromatic carbocycles. The van der Waals surface area contributed by atoms with E-state index in [9.17, 15) is 9.00 Å². The molecule has 1 aromatic rings. The maximum atomic E-state index is 11.8. The summed E-state index contributed by atoms with van der Waals surface area (Å²) >= 11 is 0. The van der Waals surface area contributed by atoms with Crippen LogP contribution in [0.1, 0.15) is 19.2 Å². The summed E-state index contributed by atoms with van der Waals surface area (Å²) < 4.78 is 16.3. The standard InChI is InChI=1S/C8H14N4O3S/c1-6(4-8(13)15-3)16(14)5-7-9-11-12(2)10-7/h6H,4-5H2,1-3H3. The molecule has 0 aliphatic carbocycles. The van der Waals surface area contributed by atoms with Crippen LogP contribution in [-0.2, 0) is 33.1 Å². The molecular formula is C8H14N4O3S. The van der Waals surface area contributed by atoms with Gasteiger partial charge in [-0.3, -0.25) is 9.00 Å². The number of esters is 1. The molecule has 0 spiro atoms. The van der Waals surface area contributed by atoms with Crippen LogP contribution in [0.4, 0.5) is 0 Å². The maximum absolute atomic E-state index is 11.8. The number of hydrogen-bond acceptors (Lipinski definition) is 6. The van der Waals surface area contributed by atoms with Gasteiger partial charge in [0.2, 0.25) is 0 Å². The van der Waals surface area contributed by atoms with Crippen LogP contribution in [0.15, 0.2) is 0 Å². The lowest BCUT2D eigenvalue weighted by molar-refractivity contribution is -0.140. The van der Waals surface area contributed by atoms with Crippen molar-refractivity contribution in [2.24, 2.45) is 7.05 Å². The SMILES string of the molecule is COC(=O)CC(C)S(=O)Cc1nnn(C)n1. The average molecular weight is 246 g/mol. The molecule has 0 radical (unpaired) electrons. The number of aryl methyl sites for hydroxylation is 1. The third kappa shape index (κ3) is 3.69. The van der Waals surface area contributed by atoms with Crippen molar-refractivity contribution >= 4 is 16.8 Å². The molecule has 0 saturated carbocycles. The van der Waals surface area contributed by atoms with Crippen LogP contribution in [0.5, 0.6) is 0 Å². The fraction of sp³-hybridized carbons (Fsp3) is 0.750. The summed E-state index contributed by atoms with van der Waals surface area (Å²) in [5.74, 6) is 0.247. The number of ether oxygens (including phenoxy) is 1. The van der Waals surface area contributed by atoms with Gasteiger partial charge in [-0.1, -0.05) is 6.92 Å². The lowest BCUT2D eigenvalue weighted by atomic mass is 10.3. The molecule has 8 heteroatoms. The van der Waals surface area contributed by atoms with Crippen LogP contribution < -0.4 is 0 Å². The number of nitrogens with zero attached hydrogens (tertiary/aromatic N) is 4. The van der Waals surface area contributed by atoms with Crippen LogP contribution in [0.3, 0.4) is 0 Å². The number of methoxy groups -OCH3 is 1. The molecule has 7 nitrogen and oxygen atoms in total. The van der Waals surface area contributed by atoms with Crippen molar-refractivity contribution in [3.63, 3.8) is 0 Å². The summed E-state index contributed by atoms with van der Waals surface area (Å²) in [5, 5.41) is 11.0. The second-order valence-electron chi connectivity index (χ2n) is 3.31. The van der Waals surface area contributed by atoms with Crippen LogP contribution in [0, 0.1) is 0 Å². The van der Waals surface area contributed by atoms with Gasteiger partial charge in [-0.15, -0.1) is 10.2 Å². The van der Waals surface area contributed by atoms with E-state index in [0.29, 0.717) is 5.82 Å². The third-order valence-corrected chi connectivity index (χ3v) is 3.56. The Morgan fingerprint density at radius 3 is 2.81 bits per heavy atom. The molecule has 16 heavy (non-hydrogen) atoms. The van der Waals surface area contributed by atoms with E-state index in [1.54, 1.807) is 14.0 Å². The van der Waals surface area contributed by atoms with Gasteiger partial charge in [0.25, 0.3) is 0 Å². The van der Waals surface area contributed by atoms with Gasteiger partial charge in [-0.2, -0.15) is 4.80 Å².